The number of methoxy groups -OCH3 is 1. The quantitative estimate of drug-likeness (QED) is 0.414. The van der Waals surface area contributed by atoms with E-state index in [4.69, 9.17) is 4.74 Å². The van der Waals surface area contributed by atoms with Crippen LogP contribution < -0.4 is 0 Å². The number of rotatable bonds is 9. The highest BCUT2D eigenvalue weighted by molar-refractivity contribution is 5.68. The fourth-order valence-electron chi connectivity index (χ4n) is 4.62. The lowest BCUT2D eigenvalue weighted by Gasteiger charge is -2.41. The van der Waals surface area contributed by atoms with Crippen LogP contribution in [0, 0.1) is 5.41 Å². The second kappa shape index (κ2) is 12.0. The molecule has 1 saturated heterocycles. The van der Waals surface area contributed by atoms with Crippen LogP contribution >= 0.6 is 0 Å². The second-order valence-corrected chi connectivity index (χ2v) is 9.30. The molecule has 4 nitrogen and oxygen atoms in total. The van der Waals surface area contributed by atoms with E-state index in [0.29, 0.717) is 6.42 Å². The van der Waals surface area contributed by atoms with Gasteiger partial charge in [0.05, 0.1) is 7.11 Å². The molecule has 1 fully saturated rings. The molecule has 1 aliphatic heterocycles. The molecule has 0 aromatic heterocycles. The summed E-state index contributed by atoms with van der Waals surface area (Å²) in [4.78, 5) is 16.7. The zero-order valence-electron chi connectivity index (χ0n) is 19.3. The van der Waals surface area contributed by atoms with Gasteiger partial charge >= 0.3 is 5.97 Å². The smallest absolute Gasteiger partial charge is 0.305 e. The number of hydrogen-bond acceptors (Lipinski definition) is 4. The Morgan fingerprint density at radius 1 is 0.871 bits per heavy atom. The zero-order valence-corrected chi connectivity index (χ0v) is 19.3. The summed E-state index contributed by atoms with van der Waals surface area (Å²) in [6, 6.07) is 21.6. The molecule has 3 rings (SSSR count). The van der Waals surface area contributed by atoms with Crippen molar-refractivity contribution in [2.45, 2.75) is 52.1 Å². The van der Waals surface area contributed by atoms with Crippen molar-refractivity contribution < 1.29 is 9.53 Å². The van der Waals surface area contributed by atoms with Gasteiger partial charge in [-0.1, -0.05) is 74.0 Å². The van der Waals surface area contributed by atoms with Crippen molar-refractivity contribution in [3.63, 3.8) is 0 Å². The Morgan fingerprint density at radius 2 is 1.45 bits per heavy atom. The van der Waals surface area contributed by atoms with E-state index in [2.05, 4.69) is 77.4 Å². The largest absolute Gasteiger partial charge is 0.469 e. The summed E-state index contributed by atoms with van der Waals surface area (Å²) < 4.78 is 4.80. The van der Waals surface area contributed by atoms with E-state index >= 15 is 0 Å². The monoisotopic (exact) mass is 422 g/mol. The van der Waals surface area contributed by atoms with E-state index in [0.717, 1.165) is 58.5 Å². The van der Waals surface area contributed by atoms with Gasteiger partial charge in [-0.3, -0.25) is 14.6 Å². The Kier molecular flexibility index (Phi) is 9.11. The van der Waals surface area contributed by atoms with Crippen LogP contribution in [0.2, 0.25) is 0 Å². The average molecular weight is 423 g/mol. The number of benzene rings is 2. The van der Waals surface area contributed by atoms with Gasteiger partial charge in [0.25, 0.3) is 0 Å². The minimum atomic E-state index is -0.0949. The first-order valence-electron chi connectivity index (χ1n) is 11.7. The number of ether oxygens (including phenoxy) is 1. The van der Waals surface area contributed by atoms with Crippen molar-refractivity contribution in [2.24, 2.45) is 5.41 Å². The molecular formula is C27H38N2O2. The fourth-order valence-corrected chi connectivity index (χ4v) is 4.62. The minimum absolute atomic E-state index is 0.0949. The highest BCUT2D eigenvalue weighted by Gasteiger charge is 2.30. The molecule has 2 aromatic carbocycles. The number of carbonyl (C=O) groups is 1. The van der Waals surface area contributed by atoms with Crippen LogP contribution in [0.15, 0.2) is 60.7 Å². The summed E-state index contributed by atoms with van der Waals surface area (Å²) in [5.41, 5.74) is 3.02. The van der Waals surface area contributed by atoms with Gasteiger partial charge in [-0.05, 0) is 42.3 Å². The molecule has 168 valence electrons. The van der Waals surface area contributed by atoms with E-state index in [1.165, 1.54) is 24.7 Å². The van der Waals surface area contributed by atoms with Crippen LogP contribution in [0.1, 0.15) is 50.2 Å². The predicted octanol–water partition coefficient (Wildman–Crippen LogP) is 5.13. The number of unbranched alkanes of at least 4 members (excludes halogenated alkanes) is 1. The van der Waals surface area contributed by atoms with Crippen molar-refractivity contribution in [3.05, 3.63) is 71.8 Å². The summed E-state index contributed by atoms with van der Waals surface area (Å²) in [5, 5.41) is 0. The van der Waals surface area contributed by atoms with Crippen LogP contribution in [-0.4, -0.2) is 49.1 Å². The highest BCUT2D eigenvalue weighted by atomic mass is 16.5. The highest BCUT2D eigenvalue weighted by Crippen LogP contribution is 2.32. The normalized spacial score (nSPS) is 20.7. The van der Waals surface area contributed by atoms with Gasteiger partial charge in [-0.2, -0.15) is 0 Å². The van der Waals surface area contributed by atoms with Crippen molar-refractivity contribution in [1.29, 1.82) is 0 Å². The maximum absolute atomic E-state index is 11.5. The van der Waals surface area contributed by atoms with Crippen molar-refractivity contribution in [1.82, 2.24) is 9.80 Å². The Balaban J connectivity index is 1.65. The third kappa shape index (κ3) is 8.12. The Bertz CT molecular complexity index is 780. The molecule has 1 unspecified atom stereocenters. The Morgan fingerprint density at radius 3 is 2.06 bits per heavy atom. The molecule has 4 heteroatoms. The molecule has 1 aliphatic rings. The first-order valence-corrected chi connectivity index (χ1v) is 11.7. The van der Waals surface area contributed by atoms with Crippen LogP contribution in [0.5, 0.6) is 0 Å². The van der Waals surface area contributed by atoms with Gasteiger partial charge in [0.1, 0.15) is 0 Å². The topological polar surface area (TPSA) is 32.8 Å². The first kappa shape index (κ1) is 23.5. The number of esters is 1. The molecule has 0 bridgehead atoms. The zero-order chi connectivity index (χ0) is 21.9. The molecule has 0 spiro atoms. The van der Waals surface area contributed by atoms with Gasteiger partial charge in [0.15, 0.2) is 0 Å². The Hall–Kier alpha value is -2.17. The molecule has 0 saturated carbocycles. The minimum Gasteiger partial charge on any atom is -0.469 e. The average Bonchev–Trinajstić information content (AvgIpc) is 2.79. The summed E-state index contributed by atoms with van der Waals surface area (Å²) in [5.74, 6) is -0.0949. The lowest BCUT2D eigenvalue weighted by Crippen LogP contribution is -2.45. The predicted molar refractivity (Wildman–Crippen MR) is 127 cm³/mol. The number of hydrogen-bond donors (Lipinski definition) is 0. The van der Waals surface area contributed by atoms with E-state index in [1.54, 1.807) is 0 Å². The maximum atomic E-state index is 11.5. The lowest BCUT2D eigenvalue weighted by atomic mass is 9.80. The fraction of sp³-hybridized carbons (Fsp3) is 0.519. The SMILES string of the molecule is COC(=O)CCCCC1(C)CCN(Cc2ccccc2)CCN(Cc2ccccc2)C1. The summed E-state index contributed by atoms with van der Waals surface area (Å²) >= 11 is 0. The van der Waals surface area contributed by atoms with Gasteiger partial charge in [-0.25, -0.2) is 0 Å². The third-order valence-corrected chi connectivity index (χ3v) is 6.51. The summed E-state index contributed by atoms with van der Waals surface area (Å²) in [6.07, 6.45) is 4.84. The molecule has 0 N–H and O–H groups in total. The van der Waals surface area contributed by atoms with Crippen LogP contribution in [0.3, 0.4) is 0 Å². The van der Waals surface area contributed by atoms with Crippen LogP contribution in [-0.2, 0) is 22.6 Å². The van der Waals surface area contributed by atoms with Crippen molar-refractivity contribution in [2.75, 3.05) is 33.3 Å². The summed E-state index contributed by atoms with van der Waals surface area (Å²) in [6.45, 7) is 8.87. The van der Waals surface area contributed by atoms with Gasteiger partial charge in [0, 0.05) is 39.1 Å². The molecule has 0 aliphatic carbocycles. The van der Waals surface area contributed by atoms with E-state index in [9.17, 15) is 4.79 Å². The molecular weight excluding hydrogens is 384 g/mol. The molecule has 1 atom stereocenters. The number of nitrogens with zero attached hydrogens (tertiary/aromatic N) is 2. The lowest BCUT2D eigenvalue weighted by molar-refractivity contribution is -0.140. The van der Waals surface area contributed by atoms with Crippen molar-refractivity contribution >= 4 is 5.97 Å². The molecule has 0 amide bonds. The van der Waals surface area contributed by atoms with Gasteiger partial charge in [-0.15, -0.1) is 0 Å². The second-order valence-electron chi connectivity index (χ2n) is 9.30. The van der Waals surface area contributed by atoms with E-state index in [1.807, 2.05) is 0 Å². The standard InChI is InChI=1S/C27H38N2O2/c1-27(16-10-9-15-26(30)31-2)17-18-28(21-24-11-5-3-6-12-24)19-20-29(23-27)22-25-13-7-4-8-14-25/h3-8,11-14H,9-10,15-23H2,1-2H3. The van der Waals surface area contributed by atoms with Gasteiger partial charge in [0.2, 0.25) is 0 Å². The van der Waals surface area contributed by atoms with E-state index in [-0.39, 0.29) is 11.4 Å². The Labute approximate surface area is 188 Å². The summed E-state index contributed by atoms with van der Waals surface area (Å²) in [7, 11) is 1.47. The van der Waals surface area contributed by atoms with E-state index < -0.39 is 0 Å². The molecule has 0 radical (unpaired) electrons. The van der Waals surface area contributed by atoms with Crippen molar-refractivity contribution in [3.8, 4) is 0 Å². The third-order valence-electron chi connectivity index (χ3n) is 6.51. The van der Waals surface area contributed by atoms with Crippen LogP contribution in [0.4, 0.5) is 0 Å². The number of carbonyl (C=O) groups excluding carboxylic acids is 1. The maximum Gasteiger partial charge on any atom is 0.305 e. The first-order chi connectivity index (χ1) is 15.1. The molecule has 2 aromatic rings. The molecule has 31 heavy (non-hydrogen) atoms. The van der Waals surface area contributed by atoms with Gasteiger partial charge < -0.3 is 4.74 Å². The molecule has 1 heterocycles. The van der Waals surface area contributed by atoms with Crippen LogP contribution in [0.25, 0.3) is 0 Å².